The number of nitrogens with zero attached hydrogens (tertiary/aromatic N) is 2. The summed E-state index contributed by atoms with van der Waals surface area (Å²) < 4.78 is 30.7. The highest BCUT2D eigenvalue weighted by molar-refractivity contribution is 6.36. The molecule has 4 N–H and O–H groups in total. The van der Waals surface area contributed by atoms with Crippen LogP contribution in [0.2, 0.25) is 10.0 Å². The zero-order valence-corrected chi connectivity index (χ0v) is 38.1. The number of carbonyl (C=O) groups excluding carboxylic acids is 2. The van der Waals surface area contributed by atoms with Gasteiger partial charge in [0.05, 0.1) is 22.1 Å². The Labute approximate surface area is 406 Å². The number of hydrogen-bond acceptors (Lipinski definition) is 9. The Morgan fingerprint density at radius 3 is 1.49 bits per heavy atom. The maximum absolute atomic E-state index is 13.5. The largest absolute Gasteiger partial charge is 0.505 e. The molecule has 69 heavy (non-hydrogen) atoms. The second-order valence-corrected chi connectivity index (χ2v) is 16.3. The summed E-state index contributed by atoms with van der Waals surface area (Å²) in [5.41, 5.74) is 3.72. The van der Waals surface area contributed by atoms with Crippen LogP contribution in [-0.2, 0) is 16.2 Å². The summed E-state index contributed by atoms with van der Waals surface area (Å²) in [5.74, 6) is 0.377. The van der Waals surface area contributed by atoms with Crippen LogP contribution in [-0.4, -0.2) is 45.2 Å². The van der Waals surface area contributed by atoms with Crippen molar-refractivity contribution in [3.05, 3.63) is 232 Å². The number of aromatic hydroxyl groups is 2. The fourth-order valence-electron chi connectivity index (χ4n) is 7.45. The minimum atomic E-state index is -0.795. The van der Waals surface area contributed by atoms with Gasteiger partial charge >= 0.3 is 0 Å². The van der Waals surface area contributed by atoms with Gasteiger partial charge in [-0.2, -0.15) is 0 Å². The molecule has 9 aromatic rings. The fraction of sp³-hybridized carbons (Fsp3) is 0.0909. The molecule has 2 heterocycles. The number of fused-ring (bicyclic) bond motifs is 2. The lowest BCUT2D eigenvalue weighted by molar-refractivity contribution is -0.124. The van der Waals surface area contributed by atoms with Crippen molar-refractivity contribution in [3.8, 4) is 28.7 Å². The maximum atomic E-state index is 13.5. The van der Waals surface area contributed by atoms with E-state index in [1.54, 1.807) is 85.2 Å². The number of amides is 2. The van der Waals surface area contributed by atoms with E-state index < -0.39 is 23.8 Å². The molecule has 0 saturated heterocycles. The van der Waals surface area contributed by atoms with E-state index in [9.17, 15) is 24.2 Å². The van der Waals surface area contributed by atoms with Gasteiger partial charge in [-0.25, -0.2) is 4.39 Å². The summed E-state index contributed by atoms with van der Waals surface area (Å²) in [7, 11) is 0. The quantitative estimate of drug-likeness (QED) is 0.0787. The number of rotatable bonds is 15. The van der Waals surface area contributed by atoms with Gasteiger partial charge < -0.3 is 35.1 Å². The first-order chi connectivity index (χ1) is 33.6. The van der Waals surface area contributed by atoms with E-state index in [4.69, 9.17) is 37.4 Å². The first-order valence-electron chi connectivity index (χ1n) is 21.6. The van der Waals surface area contributed by atoms with Gasteiger partial charge in [0.25, 0.3) is 11.8 Å². The SMILES string of the molecule is O=C(COc1ccccc1)NC(c1ccc(F)cc1)c1cc(Cl)c2cccnc2c1O.O=C(COc1ccccc1)NC(c1cccc(OCc2ccccc2)c1)c1cc(Cl)c2cccnc2c1O. The van der Waals surface area contributed by atoms with Gasteiger partial charge in [-0.05, 0) is 102 Å². The van der Waals surface area contributed by atoms with Crippen LogP contribution in [0.25, 0.3) is 21.8 Å². The number of phenolic OH excluding ortho intramolecular Hbond substituents is 2. The number of benzene rings is 7. The first kappa shape index (κ1) is 47.3. The second kappa shape index (κ2) is 22.5. The van der Waals surface area contributed by atoms with Crippen LogP contribution in [0.15, 0.2) is 188 Å². The number of ether oxygens (including phenoxy) is 3. The van der Waals surface area contributed by atoms with E-state index in [0.717, 1.165) is 5.56 Å². The summed E-state index contributed by atoms with van der Waals surface area (Å²) in [4.78, 5) is 34.2. The number of pyridine rings is 2. The average Bonchev–Trinajstić information content (AvgIpc) is 3.39. The Kier molecular flexibility index (Phi) is 15.5. The molecule has 7 aromatic carbocycles. The van der Waals surface area contributed by atoms with Gasteiger partial charge in [0.2, 0.25) is 0 Å². The van der Waals surface area contributed by atoms with Gasteiger partial charge in [-0.1, -0.05) is 114 Å². The zero-order chi connectivity index (χ0) is 48.1. The van der Waals surface area contributed by atoms with Crippen LogP contribution >= 0.6 is 23.2 Å². The third kappa shape index (κ3) is 12.0. The van der Waals surface area contributed by atoms with Crippen LogP contribution in [0.4, 0.5) is 4.39 Å². The second-order valence-electron chi connectivity index (χ2n) is 15.5. The highest BCUT2D eigenvalue weighted by atomic mass is 35.5. The number of carbonyl (C=O) groups is 2. The Bertz CT molecular complexity index is 3190. The van der Waals surface area contributed by atoms with Crippen molar-refractivity contribution in [1.29, 1.82) is 0 Å². The molecule has 0 aliphatic carbocycles. The highest BCUT2D eigenvalue weighted by Crippen LogP contribution is 2.40. The normalized spacial score (nSPS) is 11.7. The molecule has 2 unspecified atom stereocenters. The van der Waals surface area contributed by atoms with E-state index in [-0.39, 0.29) is 30.6 Å². The molecule has 346 valence electrons. The van der Waals surface area contributed by atoms with E-state index in [0.29, 0.717) is 78.0 Å². The number of halogens is 3. The summed E-state index contributed by atoms with van der Waals surface area (Å²) in [6.45, 7) is -0.0454. The molecule has 11 nitrogen and oxygen atoms in total. The fourth-order valence-corrected chi connectivity index (χ4v) is 7.99. The van der Waals surface area contributed by atoms with Crippen molar-refractivity contribution in [2.45, 2.75) is 18.7 Å². The highest BCUT2D eigenvalue weighted by Gasteiger charge is 2.26. The first-order valence-corrected chi connectivity index (χ1v) is 22.4. The Hall–Kier alpha value is -8.19. The number of para-hydroxylation sites is 2. The monoisotopic (exact) mass is 960 g/mol. The smallest absolute Gasteiger partial charge is 0.258 e. The molecule has 0 bridgehead atoms. The molecule has 0 fully saturated rings. The molecule has 9 rings (SSSR count). The van der Waals surface area contributed by atoms with Gasteiger partial charge in [0, 0.05) is 34.3 Å². The number of hydrogen-bond donors (Lipinski definition) is 4. The molecular formula is C55H43Cl2FN4O7. The molecular weight excluding hydrogens is 919 g/mol. The Morgan fingerprint density at radius 1 is 0.522 bits per heavy atom. The van der Waals surface area contributed by atoms with Crippen molar-refractivity contribution in [2.75, 3.05) is 13.2 Å². The number of nitrogens with one attached hydrogen (secondary N) is 2. The van der Waals surface area contributed by atoms with Crippen molar-refractivity contribution < 1.29 is 38.4 Å². The lowest BCUT2D eigenvalue weighted by atomic mass is 9.96. The van der Waals surface area contributed by atoms with Crippen LogP contribution in [0.5, 0.6) is 28.7 Å². The molecule has 0 saturated carbocycles. The molecule has 2 atom stereocenters. The Morgan fingerprint density at radius 2 is 0.986 bits per heavy atom. The van der Waals surface area contributed by atoms with Gasteiger partial charge in [0.1, 0.15) is 52.2 Å². The van der Waals surface area contributed by atoms with Gasteiger partial charge in [0.15, 0.2) is 13.2 Å². The summed E-state index contributed by atoms with van der Waals surface area (Å²) in [5, 5.41) is 29.9. The van der Waals surface area contributed by atoms with E-state index in [1.165, 1.54) is 24.3 Å². The van der Waals surface area contributed by atoms with Crippen molar-refractivity contribution in [1.82, 2.24) is 20.6 Å². The topological polar surface area (TPSA) is 152 Å². The average molecular weight is 962 g/mol. The summed E-state index contributed by atoms with van der Waals surface area (Å²) in [6.07, 6.45) is 3.13. The van der Waals surface area contributed by atoms with Crippen LogP contribution in [0.3, 0.4) is 0 Å². The van der Waals surface area contributed by atoms with Crippen LogP contribution < -0.4 is 24.8 Å². The molecule has 2 aromatic heterocycles. The molecule has 0 radical (unpaired) electrons. The summed E-state index contributed by atoms with van der Waals surface area (Å²) in [6, 6.07) is 49.6. The van der Waals surface area contributed by atoms with Crippen LogP contribution in [0.1, 0.15) is 39.9 Å². The molecule has 2 amide bonds. The predicted octanol–water partition coefficient (Wildman–Crippen LogP) is 11.5. The molecule has 0 aliphatic heterocycles. The van der Waals surface area contributed by atoms with Crippen molar-refractivity contribution >= 4 is 56.8 Å². The third-order valence-corrected chi connectivity index (χ3v) is 11.4. The molecule has 0 aliphatic rings. The standard InChI is InChI=1S/C31H25ClN2O4.C24H18ClFN2O3/c32-27-18-26(31(36)30-25(27)15-8-16-33-30)29(34-28(35)20-38-23-12-5-2-6-13-23)22-11-7-14-24(17-22)37-19-21-9-3-1-4-10-21;25-20-13-19(24(30)23-18(20)7-4-12-27-23)22(15-8-10-16(26)11-9-15)28-21(29)14-31-17-5-2-1-3-6-17/h1-18,29,36H,19-20H2,(H,34,35);1-13,22,30H,14H2,(H,28,29). The van der Waals surface area contributed by atoms with E-state index in [2.05, 4.69) is 20.6 Å². The van der Waals surface area contributed by atoms with Crippen molar-refractivity contribution in [3.63, 3.8) is 0 Å². The number of phenols is 2. The lowest BCUT2D eigenvalue weighted by Gasteiger charge is -2.22. The maximum Gasteiger partial charge on any atom is 0.258 e. The minimum absolute atomic E-state index is 0.0603. The zero-order valence-electron chi connectivity index (χ0n) is 36.6. The minimum Gasteiger partial charge on any atom is -0.505 e. The molecule has 0 spiro atoms. The van der Waals surface area contributed by atoms with Crippen molar-refractivity contribution in [2.24, 2.45) is 0 Å². The van der Waals surface area contributed by atoms with E-state index in [1.807, 2.05) is 78.9 Å². The van der Waals surface area contributed by atoms with Gasteiger partial charge in [-0.3, -0.25) is 19.6 Å². The predicted molar refractivity (Wildman–Crippen MR) is 264 cm³/mol. The van der Waals surface area contributed by atoms with Crippen LogP contribution in [0, 0.1) is 5.82 Å². The third-order valence-electron chi connectivity index (χ3n) is 10.8. The lowest BCUT2D eigenvalue weighted by Crippen LogP contribution is -2.33. The van der Waals surface area contributed by atoms with E-state index >= 15 is 0 Å². The van der Waals surface area contributed by atoms with Gasteiger partial charge in [-0.15, -0.1) is 0 Å². The summed E-state index contributed by atoms with van der Waals surface area (Å²) >= 11 is 13.0. The molecule has 14 heteroatoms. The Balaban J connectivity index is 0.000000190. The number of aromatic nitrogens is 2.